The van der Waals surface area contributed by atoms with Crippen molar-refractivity contribution in [1.29, 1.82) is 0 Å². The van der Waals surface area contributed by atoms with Crippen LogP contribution in [0.1, 0.15) is 32.3 Å². The van der Waals surface area contributed by atoms with E-state index in [1.54, 1.807) is 12.4 Å². The number of rotatable bonds is 4. The molecule has 1 aromatic rings. The number of amides is 2. The van der Waals surface area contributed by atoms with E-state index in [9.17, 15) is 4.79 Å². The molecule has 0 bridgehead atoms. The number of pyridine rings is 1. The number of carbonyl (C=O) groups is 1. The number of hydrogen-bond acceptors (Lipinski definition) is 3. The van der Waals surface area contributed by atoms with E-state index >= 15 is 0 Å². The molecular formula is C17H25N3O2. The Hall–Kier alpha value is -1.62. The first kappa shape index (κ1) is 15.3. The summed E-state index contributed by atoms with van der Waals surface area (Å²) in [5.41, 5.74) is 1.07. The predicted octanol–water partition coefficient (Wildman–Crippen LogP) is 2.18. The highest BCUT2D eigenvalue weighted by Crippen LogP contribution is 2.36. The Labute approximate surface area is 132 Å². The van der Waals surface area contributed by atoms with Gasteiger partial charge in [-0.25, -0.2) is 4.79 Å². The van der Waals surface area contributed by atoms with Gasteiger partial charge < -0.3 is 15.0 Å². The second-order valence-corrected chi connectivity index (χ2v) is 6.95. The average Bonchev–Trinajstić information content (AvgIpc) is 3.38. The number of aromatic nitrogens is 1. The molecule has 0 radical (unpaired) electrons. The summed E-state index contributed by atoms with van der Waals surface area (Å²) in [7, 11) is 0. The van der Waals surface area contributed by atoms with Crippen molar-refractivity contribution in [1.82, 2.24) is 15.2 Å². The monoisotopic (exact) mass is 303 g/mol. The zero-order chi connectivity index (χ0) is 15.6. The lowest BCUT2D eigenvalue weighted by Gasteiger charge is -2.36. The quantitative estimate of drug-likeness (QED) is 0.927. The van der Waals surface area contributed by atoms with Gasteiger partial charge in [-0.3, -0.25) is 4.98 Å². The Morgan fingerprint density at radius 3 is 2.82 bits per heavy atom. The van der Waals surface area contributed by atoms with E-state index in [4.69, 9.17) is 4.74 Å². The van der Waals surface area contributed by atoms with Crippen molar-refractivity contribution in [2.24, 2.45) is 5.92 Å². The normalized spacial score (nSPS) is 22.5. The maximum absolute atomic E-state index is 12.6. The molecule has 1 N–H and O–H groups in total. The number of morpholine rings is 1. The molecule has 1 aromatic heterocycles. The van der Waals surface area contributed by atoms with E-state index in [-0.39, 0.29) is 17.5 Å². The topological polar surface area (TPSA) is 54.5 Å². The molecule has 0 aromatic carbocycles. The van der Waals surface area contributed by atoms with Crippen LogP contribution in [0.15, 0.2) is 24.5 Å². The number of hydrogen-bond donors (Lipinski definition) is 1. The van der Waals surface area contributed by atoms with Crippen molar-refractivity contribution < 1.29 is 9.53 Å². The third kappa shape index (κ3) is 3.40. The zero-order valence-electron chi connectivity index (χ0n) is 13.4. The van der Waals surface area contributed by atoms with Crippen LogP contribution in [-0.2, 0) is 10.2 Å². The Kier molecular flexibility index (Phi) is 4.34. The smallest absolute Gasteiger partial charge is 0.317 e. The lowest BCUT2D eigenvalue weighted by Crippen LogP contribution is -2.54. The number of nitrogens with one attached hydrogen (secondary N) is 1. The molecular weight excluding hydrogens is 278 g/mol. The van der Waals surface area contributed by atoms with Crippen molar-refractivity contribution in [3.63, 3.8) is 0 Å². The second kappa shape index (κ2) is 6.24. The summed E-state index contributed by atoms with van der Waals surface area (Å²) in [6, 6.07) is 4.32. The molecule has 3 rings (SSSR count). The first-order valence-corrected chi connectivity index (χ1v) is 8.11. The number of nitrogens with zero attached hydrogens (tertiary/aromatic N) is 2. The molecule has 1 saturated carbocycles. The summed E-state index contributed by atoms with van der Waals surface area (Å²) >= 11 is 0. The van der Waals surface area contributed by atoms with Crippen LogP contribution in [0.25, 0.3) is 0 Å². The van der Waals surface area contributed by atoms with E-state index < -0.39 is 0 Å². The van der Waals surface area contributed by atoms with Crippen LogP contribution in [0.3, 0.4) is 0 Å². The van der Waals surface area contributed by atoms with Crippen LogP contribution in [0, 0.1) is 5.92 Å². The molecule has 2 aliphatic rings. The fraction of sp³-hybridized carbons (Fsp3) is 0.647. The van der Waals surface area contributed by atoms with Gasteiger partial charge in [0.15, 0.2) is 0 Å². The van der Waals surface area contributed by atoms with Gasteiger partial charge in [0.1, 0.15) is 0 Å². The van der Waals surface area contributed by atoms with Crippen LogP contribution in [0.2, 0.25) is 0 Å². The standard InChI is InChI=1S/C17H25N3O2/c1-17(2,14-5-7-18-8-6-14)12-19-16(21)20-9-10-22-11-15(20)13-3-4-13/h5-8,13,15H,3-4,9-12H2,1-2H3,(H,19,21). The predicted molar refractivity (Wildman–Crippen MR) is 84.7 cm³/mol. The Morgan fingerprint density at radius 1 is 1.41 bits per heavy atom. The average molecular weight is 303 g/mol. The fourth-order valence-electron chi connectivity index (χ4n) is 3.05. The van der Waals surface area contributed by atoms with E-state index in [0.29, 0.717) is 32.2 Å². The molecule has 1 aliphatic heterocycles. The number of carbonyl (C=O) groups excluding carboxylic acids is 1. The number of urea groups is 1. The van der Waals surface area contributed by atoms with Gasteiger partial charge in [-0.15, -0.1) is 0 Å². The molecule has 5 heteroatoms. The Morgan fingerprint density at radius 2 is 2.14 bits per heavy atom. The highest BCUT2D eigenvalue weighted by Gasteiger charge is 2.39. The maximum Gasteiger partial charge on any atom is 0.317 e. The van der Waals surface area contributed by atoms with Gasteiger partial charge in [-0.05, 0) is 36.5 Å². The molecule has 2 amide bonds. The lowest BCUT2D eigenvalue weighted by atomic mass is 9.85. The summed E-state index contributed by atoms with van der Waals surface area (Å²) < 4.78 is 5.55. The van der Waals surface area contributed by atoms with Crippen molar-refractivity contribution in [3.8, 4) is 0 Å². The Balaban J connectivity index is 1.59. The summed E-state index contributed by atoms with van der Waals surface area (Å²) in [6.45, 7) is 6.92. The molecule has 1 unspecified atom stereocenters. The summed E-state index contributed by atoms with van der Waals surface area (Å²) in [6.07, 6.45) is 6.04. The first-order chi connectivity index (χ1) is 10.6. The van der Waals surface area contributed by atoms with Gasteiger partial charge in [-0.2, -0.15) is 0 Å². The van der Waals surface area contributed by atoms with Crippen LogP contribution >= 0.6 is 0 Å². The SMILES string of the molecule is CC(C)(CNC(=O)N1CCOCC1C1CC1)c1ccncc1. The second-order valence-electron chi connectivity index (χ2n) is 6.95. The van der Waals surface area contributed by atoms with Gasteiger partial charge >= 0.3 is 6.03 Å². The third-order valence-electron chi connectivity index (χ3n) is 4.74. The molecule has 2 heterocycles. The van der Waals surface area contributed by atoms with E-state index in [0.717, 1.165) is 0 Å². The number of ether oxygens (including phenoxy) is 1. The summed E-state index contributed by atoms with van der Waals surface area (Å²) in [4.78, 5) is 18.6. The minimum Gasteiger partial charge on any atom is -0.377 e. The minimum absolute atomic E-state index is 0.0438. The third-order valence-corrected chi connectivity index (χ3v) is 4.74. The van der Waals surface area contributed by atoms with Gasteiger partial charge in [0.2, 0.25) is 0 Å². The lowest BCUT2D eigenvalue weighted by molar-refractivity contribution is 0.00451. The molecule has 0 spiro atoms. The van der Waals surface area contributed by atoms with Crippen molar-refractivity contribution >= 4 is 6.03 Å². The van der Waals surface area contributed by atoms with Gasteiger partial charge in [0.05, 0.1) is 19.3 Å². The van der Waals surface area contributed by atoms with Crippen molar-refractivity contribution in [2.75, 3.05) is 26.3 Å². The molecule has 1 aliphatic carbocycles. The van der Waals surface area contributed by atoms with Gasteiger partial charge in [0.25, 0.3) is 0 Å². The Bertz CT molecular complexity index is 514. The molecule has 2 fully saturated rings. The highest BCUT2D eigenvalue weighted by atomic mass is 16.5. The van der Waals surface area contributed by atoms with Crippen molar-refractivity contribution in [3.05, 3.63) is 30.1 Å². The van der Waals surface area contributed by atoms with Gasteiger partial charge in [-0.1, -0.05) is 13.8 Å². The van der Waals surface area contributed by atoms with E-state index in [1.165, 1.54) is 18.4 Å². The summed E-state index contributed by atoms with van der Waals surface area (Å²) in [5.74, 6) is 0.638. The van der Waals surface area contributed by atoms with E-state index in [1.807, 2.05) is 17.0 Å². The zero-order valence-corrected chi connectivity index (χ0v) is 13.4. The maximum atomic E-state index is 12.6. The van der Waals surface area contributed by atoms with E-state index in [2.05, 4.69) is 24.1 Å². The van der Waals surface area contributed by atoms with Gasteiger partial charge in [0, 0.05) is 30.9 Å². The highest BCUT2D eigenvalue weighted by molar-refractivity contribution is 5.75. The fourth-order valence-corrected chi connectivity index (χ4v) is 3.05. The van der Waals surface area contributed by atoms with Crippen LogP contribution < -0.4 is 5.32 Å². The van der Waals surface area contributed by atoms with Crippen LogP contribution in [0.5, 0.6) is 0 Å². The minimum atomic E-state index is -0.111. The molecule has 22 heavy (non-hydrogen) atoms. The largest absolute Gasteiger partial charge is 0.377 e. The first-order valence-electron chi connectivity index (χ1n) is 8.11. The summed E-state index contributed by atoms with van der Waals surface area (Å²) in [5, 5.41) is 3.11. The molecule has 120 valence electrons. The molecule has 1 atom stereocenters. The molecule has 5 nitrogen and oxygen atoms in total. The molecule has 1 saturated heterocycles. The van der Waals surface area contributed by atoms with Crippen molar-refractivity contribution in [2.45, 2.75) is 38.1 Å². The van der Waals surface area contributed by atoms with Crippen LogP contribution in [0.4, 0.5) is 4.79 Å². The van der Waals surface area contributed by atoms with Crippen LogP contribution in [-0.4, -0.2) is 48.3 Å².